The Morgan fingerprint density at radius 1 is 1.21 bits per heavy atom. The summed E-state index contributed by atoms with van der Waals surface area (Å²) in [5.41, 5.74) is 2.69. The van der Waals surface area contributed by atoms with Crippen LogP contribution in [0.2, 0.25) is 0 Å². The highest BCUT2D eigenvalue weighted by molar-refractivity contribution is 14.0. The number of halogens is 1. The summed E-state index contributed by atoms with van der Waals surface area (Å²) in [4.78, 5) is 4.66. The van der Waals surface area contributed by atoms with E-state index < -0.39 is 0 Å². The zero-order valence-electron chi connectivity index (χ0n) is 14.6. The van der Waals surface area contributed by atoms with Gasteiger partial charge in [0.15, 0.2) is 5.96 Å². The van der Waals surface area contributed by atoms with Gasteiger partial charge in [0.1, 0.15) is 5.75 Å². The van der Waals surface area contributed by atoms with Crippen LogP contribution in [-0.2, 0) is 6.42 Å². The van der Waals surface area contributed by atoms with Gasteiger partial charge >= 0.3 is 0 Å². The van der Waals surface area contributed by atoms with Crippen LogP contribution in [0.3, 0.4) is 0 Å². The molecule has 0 heterocycles. The summed E-state index contributed by atoms with van der Waals surface area (Å²) in [6.45, 7) is 4.59. The summed E-state index contributed by atoms with van der Waals surface area (Å²) in [6.07, 6.45) is 9.48. The molecule has 4 nitrogen and oxygen atoms in total. The molecule has 134 valence electrons. The van der Waals surface area contributed by atoms with E-state index in [-0.39, 0.29) is 24.0 Å². The van der Waals surface area contributed by atoms with E-state index in [9.17, 15) is 5.11 Å². The lowest BCUT2D eigenvalue weighted by Crippen LogP contribution is -2.38. The fourth-order valence-electron chi connectivity index (χ4n) is 2.82. The van der Waals surface area contributed by atoms with E-state index in [0.29, 0.717) is 5.75 Å². The molecule has 0 fully saturated rings. The van der Waals surface area contributed by atoms with Crippen LogP contribution in [0.5, 0.6) is 5.75 Å². The van der Waals surface area contributed by atoms with E-state index in [4.69, 9.17) is 0 Å². The molecule has 3 N–H and O–H groups in total. The molecule has 0 bridgehead atoms. The molecule has 1 aliphatic carbocycles. The van der Waals surface area contributed by atoms with Gasteiger partial charge in [-0.25, -0.2) is 0 Å². The van der Waals surface area contributed by atoms with E-state index in [2.05, 4.69) is 28.6 Å². The van der Waals surface area contributed by atoms with Crippen LogP contribution >= 0.6 is 24.0 Å². The van der Waals surface area contributed by atoms with Crippen molar-refractivity contribution >= 4 is 29.9 Å². The van der Waals surface area contributed by atoms with E-state index >= 15 is 0 Å². The average Bonchev–Trinajstić information content (AvgIpc) is 2.56. The fraction of sp³-hybridized carbons (Fsp3) is 0.526. The number of phenols is 1. The number of phenolic OH excluding ortho intramolecular Hbond substituents is 1. The third-order valence-corrected chi connectivity index (χ3v) is 4.05. The predicted molar refractivity (Wildman–Crippen MR) is 112 cm³/mol. The molecule has 1 aliphatic rings. The van der Waals surface area contributed by atoms with E-state index in [1.54, 1.807) is 17.7 Å². The molecule has 0 unspecified atom stereocenters. The Morgan fingerprint density at radius 2 is 2.08 bits per heavy atom. The lowest BCUT2D eigenvalue weighted by molar-refractivity contribution is 0.474. The highest BCUT2D eigenvalue weighted by atomic mass is 127. The normalized spacial score (nSPS) is 14.5. The molecule has 1 aromatic carbocycles. The molecule has 5 heteroatoms. The monoisotopic (exact) mass is 443 g/mol. The maximum atomic E-state index is 9.48. The third kappa shape index (κ3) is 8.04. The first-order chi connectivity index (χ1) is 11.3. The molecular weight excluding hydrogens is 413 g/mol. The minimum atomic E-state index is 0. The zero-order valence-corrected chi connectivity index (χ0v) is 16.9. The Kier molecular flexibility index (Phi) is 10.5. The van der Waals surface area contributed by atoms with Gasteiger partial charge in [-0.15, -0.1) is 24.0 Å². The number of nitrogens with one attached hydrogen (secondary N) is 2. The number of aliphatic imine (C=N–C) groups is 1. The number of rotatable bonds is 7. The smallest absolute Gasteiger partial charge is 0.191 e. The molecule has 0 aromatic heterocycles. The average molecular weight is 443 g/mol. The van der Waals surface area contributed by atoms with Crippen molar-refractivity contribution in [2.45, 2.75) is 45.4 Å². The minimum Gasteiger partial charge on any atom is -0.508 e. The minimum absolute atomic E-state index is 0. The number of benzene rings is 1. The number of guanidine groups is 1. The van der Waals surface area contributed by atoms with Crippen molar-refractivity contribution in [3.05, 3.63) is 41.5 Å². The quantitative estimate of drug-likeness (QED) is 0.259. The van der Waals surface area contributed by atoms with Crippen LogP contribution in [0, 0.1) is 0 Å². The number of allylic oxidation sites excluding steroid dienone is 1. The summed E-state index contributed by atoms with van der Waals surface area (Å²) in [5.74, 6) is 1.20. The van der Waals surface area contributed by atoms with Gasteiger partial charge in [-0.2, -0.15) is 0 Å². The van der Waals surface area contributed by atoms with Gasteiger partial charge in [-0.1, -0.05) is 23.8 Å². The molecule has 0 aliphatic heterocycles. The van der Waals surface area contributed by atoms with Crippen LogP contribution in [0.4, 0.5) is 0 Å². The van der Waals surface area contributed by atoms with E-state index in [0.717, 1.165) is 44.0 Å². The van der Waals surface area contributed by atoms with Crippen LogP contribution in [0.25, 0.3) is 0 Å². The van der Waals surface area contributed by atoms with Gasteiger partial charge in [0.25, 0.3) is 0 Å². The SMILES string of the molecule is CCNC(=NCCC1=CCCCC1)NCCc1cccc(O)c1.I. The van der Waals surface area contributed by atoms with E-state index in [1.807, 2.05) is 12.1 Å². The van der Waals surface area contributed by atoms with Crippen molar-refractivity contribution in [2.24, 2.45) is 4.99 Å². The standard InChI is InChI=1S/C19H29N3O.HI/c1-2-20-19(21-13-11-16-7-4-3-5-8-16)22-14-12-17-9-6-10-18(23)15-17;/h6-7,9-10,15,23H,2-5,8,11-14H2,1H3,(H2,20,21,22);1H. The molecule has 0 amide bonds. The van der Waals surface area contributed by atoms with Crippen LogP contribution in [-0.4, -0.2) is 30.7 Å². The maximum absolute atomic E-state index is 9.48. The van der Waals surface area contributed by atoms with Gasteiger partial charge in [0.05, 0.1) is 0 Å². The Labute approximate surface area is 162 Å². The van der Waals surface area contributed by atoms with Crippen molar-refractivity contribution in [1.29, 1.82) is 0 Å². The lowest BCUT2D eigenvalue weighted by Gasteiger charge is -2.13. The first-order valence-electron chi connectivity index (χ1n) is 8.76. The number of hydrogen-bond acceptors (Lipinski definition) is 2. The van der Waals surface area contributed by atoms with Crippen molar-refractivity contribution in [1.82, 2.24) is 10.6 Å². The van der Waals surface area contributed by atoms with Crippen molar-refractivity contribution < 1.29 is 5.11 Å². The van der Waals surface area contributed by atoms with Crippen molar-refractivity contribution in [3.63, 3.8) is 0 Å². The molecule has 24 heavy (non-hydrogen) atoms. The molecule has 2 rings (SSSR count). The lowest BCUT2D eigenvalue weighted by atomic mass is 9.97. The van der Waals surface area contributed by atoms with E-state index in [1.165, 1.54) is 25.7 Å². The summed E-state index contributed by atoms with van der Waals surface area (Å²) in [7, 11) is 0. The summed E-state index contributed by atoms with van der Waals surface area (Å²) >= 11 is 0. The Morgan fingerprint density at radius 3 is 2.79 bits per heavy atom. The van der Waals surface area contributed by atoms with Gasteiger partial charge in [-0.05, 0) is 63.1 Å². The Bertz CT molecular complexity index is 543. The first kappa shape index (κ1) is 20.8. The Hall–Kier alpha value is -1.24. The second kappa shape index (κ2) is 12.2. The van der Waals surface area contributed by atoms with Gasteiger partial charge < -0.3 is 15.7 Å². The summed E-state index contributed by atoms with van der Waals surface area (Å²) < 4.78 is 0. The van der Waals surface area contributed by atoms with Crippen LogP contribution in [0.1, 0.15) is 44.6 Å². The molecule has 0 spiro atoms. The molecule has 1 aromatic rings. The molecule has 0 atom stereocenters. The first-order valence-corrected chi connectivity index (χ1v) is 8.76. The molecule has 0 radical (unpaired) electrons. The second-order valence-electron chi connectivity index (χ2n) is 5.97. The number of aromatic hydroxyl groups is 1. The van der Waals surface area contributed by atoms with Gasteiger partial charge in [0, 0.05) is 19.6 Å². The molecule has 0 saturated carbocycles. The predicted octanol–water partition coefficient (Wildman–Crippen LogP) is 4.00. The van der Waals surface area contributed by atoms with Crippen molar-refractivity contribution in [3.8, 4) is 5.75 Å². The summed E-state index contributed by atoms with van der Waals surface area (Å²) in [5, 5.41) is 16.1. The zero-order chi connectivity index (χ0) is 16.3. The summed E-state index contributed by atoms with van der Waals surface area (Å²) in [6, 6.07) is 7.41. The molecule has 0 saturated heterocycles. The molecular formula is C19H30IN3O. The fourth-order valence-corrected chi connectivity index (χ4v) is 2.82. The second-order valence-corrected chi connectivity index (χ2v) is 5.97. The number of hydrogen-bond donors (Lipinski definition) is 3. The van der Waals surface area contributed by atoms with Crippen LogP contribution in [0.15, 0.2) is 40.9 Å². The maximum Gasteiger partial charge on any atom is 0.191 e. The Balaban J connectivity index is 0.00000288. The highest BCUT2D eigenvalue weighted by Gasteiger charge is 2.03. The van der Waals surface area contributed by atoms with Gasteiger partial charge in [-0.3, -0.25) is 4.99 Å². The topological polar surface area (TPSA) is 56.7 Å². The van der Waals surface area contributed by atoms with Gasteiger partial charge in [0.2, 0.25) is 0 Å². The largest absolute Gasteiger partial charge is 0.508 e. The van der Waals surface area contributed by atoms with Crippen molar-refractivity contribution in [2.75, 3.05) is 19.6 Å². The third-order valence-electron chi connectivity index (χ3n) is 4.05. The number of nitrogens with zero attached hydrogens (tertiary/aromatic N) is 1. The highest BCUT2D eigenvalue weighted by Crippen LogP contribution is 2.19. The van der Waals surface area contributed by atoms with Crippen LogP contribution < -0.4 is 10.6 Å².